The van der Waals surface area contributed by atoms with Gasteiger partial charge in [0, 0.05) is 23.5 Å². The summed E-state index contributed by atoms with van der Waals surface area (Å²) in [4.78, 5) is 3.96. The van der Waals surface area contributed by atoms with Gasteiger partial charge in [0.15, 0.2) is 0 Å². The highest BCUT2D eigenvalue weighted by Gasteiger charge is 2.10. The van der Waals surface area contributed by atoms with Gasteiger partial charge in [-0.15, -0.1) is 0 Å². The van der Waals surface area contributed by atoms with Crippen LogP contribution in [-0.4, -0.2) is 4.98 Å². The fourth-order valence-electron chi connectivity index (χ4n) is 1.76. The van der Waals surface area contributed by atoms with Crippen LogP contribution in [0.4, 0.5) is 0 Å². The zero-order chi connectivity index (χ0) is 13.1. The number of nitrogens with zero attached hydrogens (tertiary/aromatic N) is 1. The van der Waals surface area contributed by atoms with Crippen LogP contribution in [0.5, 0.6) is 0 Å². The third-order valence-electron chi connectivity index (χ3n) is 2.92. The van der Waals surface area contributed by atoms with Gasteiger partial charge in [0.05, 0.1) is 5.02 Å². The molecule has 2 aromatic rings. The van der Waals surface area contributed by atoms with Crippen LogP contribution in [-0.2, 0) is 6.42 Å². The minimum absolute atomic E-state index is 0.122. The van der Waals surface area contributed by atoms with E-state index in [0.29, 0.717) is 11.4 Å². The summed E-state index contributed by atoms with van der Waals surface area (Å²) in [5.41, 5.74) is 9.24. The second-order valence-electron chi connectivity index (χ2n) is 4.29. The third-order valence-corrected chi connectivity index (χ3v) is 3.67. The molecule has 0 saturated heterocycles. The molecule has 1 aromatic carbocycles. The molecule has 0 spiro atoms. The van der Waals surface area contributed by atoms with E-state index < -0.39 is 0 Å². The van der Waals surface area contributed by atoms with Crippen molar-refractivity contribution >= 4 is 23.2 Å². The van der Waals surface area contributed by atoms with Gasteiger partial charge in [-0.3, -0.25) is 4.98 Å². The highest BCUT2D eigenvalue weighted by atomic mass is 35.5. The average molecular weight is 281 g/mol. The van der Waals surface area contributed by atoms with Gasteiger partial charge in [-0.05, 0) is 42.2 Å². The lowest BCUT2D eigenvalue weighted by molar-refractivity contribution is 0.721. The number of nitrogens with two attached hydrogens (primary N) is 1. The van der Waals surface area contributed by atoms with Crippen molar-refractivity contribution in [2.75, 3.05) is 0 Å². The smallest absolute Gasteiger partial charge is 0.0622 e. The highest BCUT2D eigenvalue weighted by Crippen LogP contribution is 2.24. The van der Waals surface area contributed by atoms with Gasteiger partial charge in [-0.2, -0.15) is 0 Å². The Bertz CT molecular complexity index is 555. The van der Waals surface area contributed by atoms with Gasteiger partial charge in [0.1, 0.15) is 0 Å². The number of halogens is 2. The lowest BCUT2D eigenvalue weighted by Crippen LogP contribution is -2.13. The van der Waals surface area contributed by atoms with Crippen molar-refractivity contribution in [1.82, 2.24) is 4.98 Å². The zero-order valence-electron chi connectivity index (χ0n) is 10.0. The normalized spacial score (nSPS) is 12.4. The SMILES string of the molecule is Cc1ccc(C(N)Cc2ccncc2Cl)cc1Cl. The molecular formula is C14H14Cl2N2. The van der Waals surface area contributed by atoms with E-state index >= 15 is 0 Å². The molecule has 0 fully saturated rings. The number of hydrogen-bond donors (Lipinski definition) is 1. The summed E-state index contributed by atoms with van der Waals surface area (Å²) in [5, 5.41) is 1.38. The molecule has 0 aliphatic rings. The van der Waals surface area contributed by atoms with Crippen molar-refractivity contribution in [3.63, 3.8) is 0 Å². The van der Waals surface area contributed by atoms with Crippen LogP contribution in [0.2, 0.25) is 10.0 Å². The first-order valence-corrected chi connectivity index (χ1v) is 6.43. The first kappa shape index (κ1) is 13.3. The maximum Gasteiger partial charge on any atom is 0.0622 e. The summed E-state index contributed by atoms with van der Waals surface area (Å²) in [6, 6.07) is 7.66. The van der Waals surface area contributed by atoms with Gasteiger partial charge < -0.3 is 5.73 Å². The molecule has 18 heavy (non-hydrogen) atoms. The molecule has 4 heteroatoms. The van der Waals surface area contributed by atoms with Crippen LogP contribution in [0.3, 0.4) is 0 Å². The Balaban J connectivity index is 2.19. The summed E-state index contributed by atoms with van der Waals surface area (Å²) in [6.45, 7) is 1.97. The molecule has 0 bridgehead atoms. The summed E-state index contributed by atoms with van der Waals surface area (Å²) in [7, 11) is 0. The van der Waals surface area contributed by atoms with E-state index in [1.54, 1.807) is 12.4 Å². The van der Waals surface area contributed by atoms with Crippen molar-refractivity contribution in [1.29, 1.82) is 0 Å². The summed E-state index contributed by atoms with van der Waals surface area (Å²) in [5.74, 6) is 0. The molecule has 1 atom stereocenters. The predicted molar refractivity (Wildman–Crippen MR) is 76.1 cm³/mol. The Kier molecular flexibility index (Phi) is 4.23. The molecule has 2 rings (SSSR count). The largest absolute Gasteiger partial charge is 0.324 e. The molecule has 1 aromatic heterocycles. The minimum Gasteiger partial charge on any atom is -0.324 e. The Morgan fingerprint density at radius 2 is 2.00 bits per heavy atom. The van der Waals surface area contributed by atoms with E-state index in [2.05, 4.69) is 4.98 Å². The fraction of sp³-hybridized carbons (Fsp3) is 0.214. The molecule has 1 heterocycles. The van der Waals surface area contributed by atoms with Gasteiger partial charge in [-0.1, -0.05) is 35.3 Å². The van der Waals surface area contributed by atoms with Gasteiger partial charge in [-0.25, -0.2) is 0 Å². The zero-order valence-corrected chi connectivity index (χ0v) is 11.5. The second kappa shape index (κ2) is 5.70. The molecule has 94 valence electrons. The van der Waals surface area contributed by atoms with Crippen LogP contribution in [0.25, 0.3) is 0 Å². The summed E-state index contributed by atoms with van der Waals surface area (Å²) in [6.07, 6.45) is 4.02. The second-order valence-corrected chi connectivity index (χ2v) is 5.10. The van der Waals surface area contributed by atoms with Crippen LogP contribution in [0, 0.1) is 6.92 Å². The van der Waals surface area contributed by atoms with Crippen molar-refractivity contribution in [2.24, 2.45) is 5.73 Å². The van der Waals surface area contributed by atoms with Crippen molar-refractivity contribution in [3.05, 3.63) is 63.4 Å². The number of aryl methyl sites for hydroxylation is 1. The molecule has 0 aliphatic heterocycles. The number of benzene rings is 1. The molecule has 2 N–H and O–H groups in total. The highest BCUT2D eigenvalue weighted by molar-refractivity contribution is 6.31. The maximum atomic E-state index is 6.18. The molecule has 0 saturated carbocycles. The van der Waals surface area contributed by atoms with E-state index in [0.717, 1.165) is 21.7 Å². The monoisotopic (exact) mass is 280 g/mol. The minimum atomic E-state index is -0.122. The van der Waals surface area contributed by atoms with E-state index in [1.165, 1.54) is 0 Å². The predicted octanol–water partition coefficient (Wildman–Crippen LogP) is 3.94. The first-order valence-electron chi connectivity index (χ1n) is 5.68. The Hall–Kier alpha value is -1.09. The maximum absolute atomic E-state index is 6.18. The number of hydrogen-bond acceptors (Lipinski definition) is 2. The van der Waals surface area contributed by atoms with Gasteiger partial charge in [0.2, 0.25) is 0 Å². The molecule has 0 radical (unpaired) electrons. The van der Waals surface area contributed by atoms with Crippen molar-refractivity contribution in [3.8, 4) is 0 Å². The van der Waals surface area contributed by atoms with Crippen LogP contribution in [0.15, 0.2) is 36.7 Å². The van der Waals surface area contributed by atoms with Crippen molar-refractivity contribution in [2.45, 2.75) is 19.4 Å². The van der Waals surface area contributed by atoms with E-state index in [9.17, 15) is 0 Å². The van der Waals surface area contributed by atoms with Crippen molar-refractivity contribution < 1.29 is 0 Å². The third kappa shape index (κ3) is 3.02. The Labute approximate surface area is 117 Å². The average Bonchev–Trinajstić information content (AvgIpc) is 2.35. The summed E-state index contributed by atoms with van der Waals surface area (Å²) < 4.78 is 0. The fourth-order valence-corrected chi connectivity index (χ4v) is 2.15. The summed E-state index contributed by atoms with van der Waals surface area (Å²) >= 11 is 12.2. The molecule has 0 aliphatic carbocycles. The topological polar surface area (TPSA) is 38.9 Å². The quantitative estimate of drug-likeness (QED) is 0.925. The number of aromatic nitrogens is 1. The molecule has 2 nitrogen and oxygen atoms in total. The van der Waals surface area contributed by atoms with E-state index in [4.69, 9.17) is 28.9 Å². The molecular weight excluding hydrogens is 267 g/mol. The van der Waals surface area contributed by atoms with Crippen LogP contribution in [0.1, 0.15) is 22.7 Å². The number of pyridine rings is 1. The van der Waals surface area contributed by atoms with E-state index in [1.807, 2.05) is 31.2 Å². The number of rotatable bonds is 3. The lowest BCUT2D eigenvalue weighted by atomic mass is 9.99. The molecule has 1 unspecified atom stereocenters. The Morgan fingerprint density at radius 1 is 1.22 bits per heavy atom. The molecule has 0 amide bonds. The van der Waals surface area contributed by atoms with Gasteiger partial charge in [0.25, 0.3) is 0 Å². The van der Waals surface area contributed by atoms with Crippen LogP contribution < -0.4 is 5.73 Å². The lowest BCUT2D eigenvalue weighted by Gasteiger charge is -2.14. The van der Waals surface area contributed by atoms with Gasteiger partial charge >= 0.3 is 0 Å². The standard InChI is InChI=1S/C14H14Cl2N2/c1-9-2-3-11(6-12(9)15)14(17)7-10-4-5-18-8-13(10)16/h2-6,8,14H,7,17H2,1H3. The first-order chi connectivity index (χ1) is 8.58. The van der Waals surface area contributed by atoms with Crippen LogP contribution >= 0.6 is 23.2 Å². The van der Waals surface area contributed by atoms with E-state index in [-0.39, 0.29) is 6.04 Å². The Morgan fingerprint density at radius 3 is 2.67 bits per heavy atom.